The highest BCUT2D eigenvalue weighted by Gasteiger charge is 2.41. The molecule has 2 amide bonds. The van der Waals surface area contributed by atoms with Gasteiger partial charge in [-0.15, -0.1) is 0 Å². The van der Waals surface area contributed by atoms with Crippen LogP contribution in [0.3, 0.4) is 0 Å². The van der Waals surface area contributed by atoms with E-state index in [4.69, 9.17) is 0 Å². The Bertz CT molecular complexity index is 324. The predicted molar refractivity (Wildman–Crippen MR) is 69.0 cm³/mol. The zero-order valence-corrected chi connectivity index (χ0v) is 11.3. The van der Waals surface area contributed by atoms with Gasteiger partial charge in [-0.25, -0.2) is 0 Å². The van der Waals surface area contributed by atoms with Crippen molar-refractivity contribution in [3.05, 3.63) is 0 Å². The molecule has 2 unspecified atom stereocenters. The third-order valence-corrected chi connectivity index (χ3v) is 3.85. The molecule has 1 aliphatic heterocycles. The predicted octanol–water partition coefficient (Wildman–Crippen LogP) is -0.0773. The van der Waals surface area contributed by atoms with Crippen molar-refractivity contribution in [3.63, 3.8) is 0 Å². The van der Waals surface area contributed by atoms with Gasteiger partial charge in [0.05, 0.1) is 6.54 Å². The van der Waals surface area contributed by atoms with E-state index >= 15 is 0 Å². The van der Waals surface area contributed by atoms with Crippen LogP contribution in [0, 0.1) is 11.8 Å². The Morgan fingerprint density at radius 1 is 1.22 bits per heavy atom. The quantitative estimate of drug-likeness (QED) is 0.762. The number of amides is 2. The Morgan fingerprint density at radius 2 is 1.83 bits per heavy atom. The van der Waals surface area contributed by atoms with E-state index in [0.29, 0.717) is 24.9 Å². The van der Waals surface area contributed by atoms with E-state index in [0.717, 1.165) is 32.6 Å². The lowest BCUT2D eigenvalue weighted by Gasteiger charge is -2.34. The zero-order chi connectivity index (χ0) is 13.1. The highest BCUT2D eigenvalue weighted by atomic mass is 16.2. The number of nitrogens with one attached hydrogen (secondary N) is 1. The van der Waals surface area contributed by atoms with E-state index in [1.807, 2.05) is 11.8 Å². The minimum absolute atomic E-state index is 0.0769. The van der Waals surface area contributed by atoms with Crippen molar-refractivity contribution in [1.82, 2.24) is 15.1 Å². The number of piperazine rings is 1. The van der Waals surface area contributed by atoms with Gasteiger partial charge in [-0.1, -0.05) is 6.92 Å². The second kappa shape index (κ2) is 5.69. The Morgan fingerprint density at radius 3 is 2.33 bits per heavy atom. The summed E-state index contributed by atoms with van der Waals surface area (Å²) in [5.74, 6) is 1.25. The fourth-order valence-electron chi connectivity index (χ4n) is 2.48. The summed E-state index contributed by atoms with van der Waals surface area (Å²) < 4.78 is 0. The van der Waals surface area contributed by atoms with Crippen molar-refractivity contribution < 1.29 is 9.59 Å². The lowest BCUT2D eigenvalue weighted by molar-refractivity contribution is -0.134. The maximum Gasteiger partial charge on any atom is 0.234 e. The van der Waals surface area contributed by atoms with E-state index in [1.165, 1.54) is 0 Å². The van der Waals surface area contributed by atoms with Crippen LogP contribution in [0.5, 0.6) is 0 Å². The number of nitrogens with zero attached hydrogens (tertiary/aromatic N) is 2. The van der Waals surface area contributed by atoms with Gasteiger partial charge in [-0.3, -0.25) is 14.5 Å². The molecule has 0 aromatic carbocycles. The molecule has 1 heterocycles. The van der Waals surface area contributed by atoms with E-state index in [2.05, 4.69) is 17.1 Å². The van der Waals surface area contributed by atoms with Crippen molar-refractivity contribution in [2.45, 2.75) is 20.3 Å². The van der Waals surface area contributed by atoms with Gasteiger partial charge in [0, 0.05) is 38.6 Å². The second-order valence-corrected chi connectivity index (χ2v) is 5.37. The SMILES string of the molecule is CCNC(=O)CN1CCN(C(=O)C2CC2C)CC1. The van der Waals surface area contributed by atoms with Gasteiger partial charge in [0.15, 0.2) is 0 Å². The van der Waals surface area contributed by atoms with Crippen molar-refractivity contribution in [3.8, 4) is 0 Å². The number of rotatable bonds is 4. The molecule has 0 radical (unpaired) electrons. The largest absolute Gasteiger partial charge is 0.355 e. The van der Waals surface area contributed by atoms with Gasteiger partial charge in [-0.05, 0) is 19.3 Å². The topological polar surface area (TPSA) is 52.7 Å². The molecule has 0 bridgehead atoms. The Hall–Kier alpha value is -1.10. The number of likely N-dealkylation sites (N-methyl/N-ethyl adjacent to an activating group) is 1. The lowest BCUT2D eigenvalue weighted by atomic mass is 10.2. The molecule has 2 rings (SSSR count). The van der Waals surface area contributed by atoms with Crippen LogP contribution in [0.25, 0.3) is 0 Å². The average molecular weight is 253 g/mol. The van der Waals surface area contributed by atoms with Crippen LogP contribution in [0.2, 0.25) is 0 Å². The minimum Gasteiger partial charge on any atom is -0.355 e. The fraction of sp³-hybridized carbons (Fsp3) is 0.846. The molecule has 0 aromatic rings. The molecule has 1 saturated heterocycles. The first-order chi connectivity index (χ1) is 8.61. The summed E-state index contributed by atoms with van der Waals surface area (Å²) >= 11 is 0. The van der Waals surface area contributed by atoms with Crippen LogP contribution in [-0.4, -0.2) is 60.9 Å². The first-order valence-corrected chi connectivity index (χ1v) is 6.89. The summed E-state index contributed by atoms with van der Waals surface area (Å²) in [6.07, 6.45) is 1.05. The standard InChI is InChI=1S/C13H23N3O2/c1-3-14-12(17)9-15-4-6-16(7-5-15)13(18)11-8-10(11)2/h10-11H,3-9H2,1-2H3,(H,14,17). The first kappa shape index (κ1) is 13.3. The van der Waals surface area contributed by atoms with Crippen molar-refractivity contribution >= 4 is 11.8 Å². The number of carbonyl (C=O) groups is 2. The Kier molecular flexibility index (Phi) is 4.22. The second-order valence-electron chi connectivity index (χ2n) is 5.37. The Balaban J connectivity index is 1.71. The first-order valence-electron chi connectivity index (χ1n) is 6.89. The average Bonchev–Trinajstić information content (AvgIpc) is 3.07. The van der Waals surface area contributed by atoms with Crippen LogP contribution in [-0.2, 0) is 9.59 Å². The monoisotopic (exact) mass is 253 g/mol. The van der Waals surface area contributed by atoms with Crippen LogP contribution in [0.1, 0.15) is 20.3 Å². The van der Waals surface area contributed by atoms with E-state index < -0.39 is 0 Å². The van der Waals surface area contributed by atoms with Gasteiger partial charge in [0.2, 0.25) is 11.8 Å². The maximum atomic E-state index is 12.0. The van der Waals surface area contributed by atoms with E-state index in [1.54, 1.807) is 0 Å². The molecular formula is C13H23N3O2. The summed E-state index contributed by atoms with van der Waals surface area (Å²) in [5, 5.41) is 2.80. The highest BCUT2D eigenvalue weighted by Crippen LogP contribution is 2.39. The molecule has 2 aliphatic rings. The normalized spacial score (nSPS) is 28.0. The van der Waals surface area contributed by atoms with Crippen LogP contribution in [0.15, 0.2) is 0 Å². The van der Waals surface area contributed by atoms with Gasteiger partial charge in [0.25, 0.3) is 0 Å². The third kappa shape index (κ3) is 3.22. The van der Waals surface area contributed by atoms with Crippen LogP contribution >= 0.6 is 0 Å². The fourth-order valence-corrected chi connectivity index (χ4v) is 2.48. The summed E-state index contributed by atoms with van der Waals surface area (Å²) in [7, 11) is 0. The molecule has 5 nitrogen and oxygen atoms in total. The van der Waals surface area contributed by atoms with E-state index in [9.17, 15) is 9.59 Å². The maximum absolute atomic E-state index is 12.0. The van der Waals surface area contributed by atoms with Gasteiger partial charge >= 0.3 is 0 Å². The molecule has 2 fully saturated rings. The van der Waals surface area contributed by atoms with Crippen molar-refractivity contribution in [2.75, 3.05) is 39.3 Å². The molecule has 1 saturated carbocycles. The number of carbonyl (C=O) groups excluding carboxylic acids is 2. The zero-order valence-electron chi connectivity index (χ0n) is 11.3. The molecule has 2 atom stereocenters. The molecular weight excluding hydrogens is 230 g/mol. The highest BCUT2D eigenvalue weighted by molar-refractivity contribution is 5.81. The molecule has 18 heavy (non-hydrogen) atoms. The Labute approximate surface area is 108 Å². The summed E-state index contributed by atoms with van der Waals surface area (Å²) in [4.78, 5) is 27.6. The third-order valence-electron chi connectivity index (χ3n) is 3.85. The van der Waals surface area contributed by atoms with Gasteiger partial charge in [-0.2, -0.15) is 0 Å². The van der Waals surface area contributed by atoms with Gasteiger partial charge in [0.1, 0.15) is 0 Å². The summed E-state index contributed by atoms with van der Waals surface area (Å²) in [6.45, 7) is 8.34. The summed E-state index contributed by atoms with van der Waals surface area (Å²) in [6, 6.07) is 0. The molecule has 5 heteroatoms. The number of hydrogen-bond acceptors (Lipinski definition) is 3. The molecule has 0 aromatic heterocycles. The summed E-state index contributed by atoms with van der Waals surface area (Å²) in [5.41, 5.74) is 0. The lowest BCUT2D eigenvalue weighted by Crippen LogP contribution is -2.51. The van der Waals surface area contributed by atoms with E-state index in [-0.39, 0.29) is 11.8 Å². The van der Waals surface area contributed by atoms with Gasteiger partial charge < -0.3 is 10.2 Å². The van der Waals surface area contributed by atoms with Crippen LogP contribution < -0.4 is 5.32 Å². The van der Waals surface area contributed by atoms with Crippen molar-refractivity contribution in [1.29, 1.82) is 0 Å². The molecule has 102 valence electrons. The molecule has 1 N–H and O–H groups in total. The minimum atomic E-state index is 0.0769. The molecule has 1 aliphatic carbocycles. The smallest absolute Gasteiger partial charge is 0.234 e. The number of hydrogen-bond donors (Lipinski definition) is 1. The van der Waals surface area contributed by atoms with Crippen LogP contribution in [0.4, 0.5) is 0 Å². The van der Waals surface area contributed by atoms with Crippen molar-refractivity contribution in [2.24, 2.45) is 11.8 Å². The molecule has 0 spiro atoms.